The minimum atomic E-state index is -0.392. The lowest BCUT2D eigenvalue weighted by molar-refractivity contribution is 0.0607. The number of esters is 1. The summed E-state index contributed by atoms with van der Waals surface area (Å²) in [7, 11) is 1.34. The zero-order valence-corrected chi connectivity index (χ0v) is 9.19. The number of nitrogens with two attached hydrogens (primary N) is 1. The SMILES string of the molecule is COC(=O)c1sc(C#CC2CC2)cc1N. The van der Waals surface area contributed by atoms with Gasteiger partial charge in [0.1, 0.15) is 4.88 Å². The van der Waals surface area contributed by atoms with E-state index in [2.05, 4.69) is 16.6 Å². The number of carbonyl (C=O) groups excluding carboxylic acids is 1. The fourth-order valence-electron chi connectivity index (χ4n) is 1.12. The third kappa shape index (κ3) is 2.31. The Morgan fingerprint density at radius 2 is 2.40 bits per heavy atom. The molecule has 0 spiro atoms. The van der Waals surface area contributed by atoms with E-state index in [1.807, 2.05) is 0 Å². The Morgan fingerprint density at radius 3 is 3.00 bits per heavy atom. The first-order valence-electron chi connectivity index (χ1n) is 4.70. The lowest BCUT2D eigenvalue weighted by Gasteiger charge is -1.94. The Kier molecular flexibility index (Phi) is 2.65. The maximum atomic E-state index is 11.3. The highest BCUT2D eigenvalue weighted by Gasteiger charge is 2.18. The highest BCUT2D eigenvalue weighted by Crippen LogP contribution is 2.29. The Balaban J connectivity index is 2.21. The van der Waals surface area contributed by atoms with Crippen LogP contribution in [0, 0.1) is 17.8 Å². The minimum Gasteiger partial charge on any atom is -0.465 e. The Morgan fingerprint density at radius 1 is 1.67 bits per heavy atom. The summed E-state index contributed by atoms with van der Waals surface area (Å²) in [6.45, 7) is 0. The Labute approximate surface area is 92.2 Å². The molecular formula is C11H11NO2S. The second kappa shape index (κ2) is 3.95. The fourth-order valence-corrected chi connectivity index (χ4v) is 1.98. The molecule has 1 heterocycles. The average Bonchev–Trinajstić information content (AvgIpc) is 2.98. The van der Waals surface area contributed by atoms with Gasteiger partial charge in [-0.3, -0.25) is 0 Å². The third-order valence-electron chi connectivity index (χ3n) is 2.11. The normalized spacial score (nSPS) is 14.2. The van der Waals surface area contributed by atoms with Crippen molar-refractivity contribution >= 4 is 23.0 Å². The molecule has 4 heteroatoms. The summed E-state index contributed by atoms with van der Waals surface area (Å²) in [6, 6.07) is 1.73. The van der Waals surface area contributed by atoms with Crippen molar-refractivity contribution in [1.82, 2.24) is 0 Å². The van der Waals surface area contributed by atoms with Crippen LogP contribution in [0.25, 0.3) is 0 Å². The summed E-state index contributed by atoms with van der Waals surface area (Å²) in [6.07, 6.45) is 2.38. The number of anilines is 1. The molecule has 0 bridgehead atoms. The van der Waals surface area contributed by atoms with E-state index in [0.29, 0.717) is 16.5 Å². The van der Waals surface area contributed by atoms with Gasteiger partial charge < -0.3 is 10.5 Å². The molecule has 0 aliphatic heterocycles. The fraction of sp³-hybridized carbons (Fsp3) is 0.364. The Hall–Kier alpha value is -1.47. The summed E-state index contributed by atoms with van der Waals surface area (Å²) in [5.41, 5.74) is 6.13. The maximum Gasteiger partial charge on any atom is 0.350 e. The van der Waals surface area contributed by atoms with Gasteiger partial charge in [-0.25, -0.2) is 4.79 Å². The molecule has 2 N–H and O–H groups in total. The zero-order valence-electron chi connectivity index (χ0n) is 8.37. The highest BCUT2D eigenvalue weighted by atomic mass is 32.1. The molecule has 0 atom stereocenters. The summed E-state index contributed by atoms with van der Waals surface area (Å²) in [5, 5.41) is 0. The highest BCUT2D eigenvalue weighted by molar-refractivity contribution is 7.15. The zero-order chi connectivity index (χ0) is 10.8. The van der Waals surface area contributed by atoms with Crippen LogP contribution >= 0.6 is 11.3 Å². The molecule has 0 aromatic carbocycles. The van der Waals surface area contributed by atoms with Crippen LogP contribution in [0.2, 0.25) is 0 Å². The molecule has 78 valence electrons. The first kappa shape index (κ1) is 10.1. The molecule has 0 unspecified atom stereocenters. The first-order chi connectivity index (χ1) is 7.20. The van der Waals surface area contributed by atoms with Crippen LogP contribution in [0.1, 0.15) is 27.4 Å². The number of hydrogen-bond donors (Lipinski definition) is 1. The molecule has 0 saturated heterocycles. The van der Waals surface area contributed by atoms with Crippen LogP contribution in [-0.2, 0) is 4.74 Å². The van der Waals surface area contributed by atoms with Gasteiger partial charge in [-0.1, -0.05) is 11.8 Å². The van der Waals surface area contributed by atoms with Gasteiger partial charge in [-0.2, -0.15) is 0 Å². The molecule has 2 rings (SSSR count). The van der Waals surface area contributed by atoms with E-state index in [4.69, 9.17) is 5.73 Å². The second-order valence-corrected chi connectivity index (χ2v) is 4.48. The van der Waals surface area contributed by atoms with Crippen molar-refractivity contribution in [3.63, 3.8) is 0 Å². The van der Waals surface area contributed by atoms with Gasteiger partial charge in [-0.05, 0) is 18.9 Å². The molecule has 0 amide bonds. The van der Waals surface area contributed by atoms with E-state index < -0.39 is 5.97 Å². The number of rotatable bonds is 1. The van der Waals surface area contributed by atoms with Crippen LogP contribution < -0.4 is 5.73 Å². The van der Waals surface area contributed by atoms with E-state index in [1.54, 1.807) is 6.07 Å². The molecule has 3 nitrogen and oxygen atoms in total. The average molecular weight is 221 g/mol. The molecule has 0 radical (unpaired) electrons. The number of nitrogen functional groups attached to an aromatic ring is 1. The maximum absolute atomic E-state index is 11.3. The number of methoxy groups -OCH3 is 1. The van der Waals surface area contributed by atoms with E-state index in [1.165, 1.54) is 31.3 Å². The molecule has 1 aromatic rings. The predicted molar refractivity (Wildman–Crippen MR) is 59.7 cm³/mol. The molecule has 1 aromatic heterocycles. The van der Waals surface area contributed by atoms with Gasteiger partial charge in [-0.15, -0.1) is 11.3 Å². The van der Waals surface area contributed by atoms with Crippen molar-refractivity contribution in [2.24, 2.45) is 5.92 Å². The van der Waals surface area contributed by atoms with Gasteiger partial charge >= 0.3 is 5.97 Å². The van der Waals surface area contributed by atoms with Crippen LogP contribution in [0.4, 0.5) is 5.69 Å². The summed E-state index contributed by atoms with van der Waals surface area (Å²) in [4.78, 5) is 12.5. The van der Waals surface area contributed by atoms with Crippen molar-refractivity contribution in [1.29, 1.82) is 0 Å². The number of hydrogen-bond acceptors (Lipinski definition) is 4. The van der Waals surface area contributed by atoms with Crippen LogP contribution in [0.3, 0.4) is 0 Å². The van der Waals surface area contributed by atoms with Gasteiger partial charge in [0.05, 0.1) is 17.7 Å². The van der Waals surface area contributed by atoms with Crippen molar-refractivity contribution in [3.8, 4) is 11.8 Å². The van der Waals surface area contributed by atoms with E-state index in [0.717, 1.165) is 4.88 Å². The molecular weight excluding hydrogens is 210 g/mol. The Bertz CT molecular complexity index is 449. The number of carbonyl (C=O) groups is 1. The van der Waals surface area contributed by atoms with Gasteiger partial charge in [0.15, 0.2) is 0 Å². The monoisotopic (exact) mass is 221 g/mol. The van der Waals surface area contributed by atoms with Gasteiger partial charge in [0.25, 0.3) is 0 Å². The summed E-state index contributed by atoms with van der Waals surface area (Å²) >= 11 is 1.29. The lowest BCUT2D eigenvalue weighted by atomic mass is 10.3. The second-order valence-electron chi connectivity index (χ2n) is 3.43. The molecule has 1 saturated carbocycles. The molecule has 15 heavy (non-hydrogen) atoms. The number of ether oxygens (including phenoxy) is 1. The van der Waals surface area contributed by atoms with Crippen LogP contribution in [-0.4, -0.2) is 13.1 Å². The van der Waals surface area contributed by atoms with Crippen LogP contribution in [0.15, 0.2) is 6.07 Å². The quantitative estimate of drug-likeness (QED) is 0.582. The van der Waals surface area contributed by atoms with Crippen molar-refractivity contribution < 1.29 is 9.53 Å². The lowest BCUT2D eigenvalue weighted by Crippen LogP contribution is -2.00. The van der Waals surface area contributed by atoms with Crippen molar-refractivity contribution in [3.05, 3.63) is 15.8 Å². The minimum absolute atomic E-state index is 0.392. The topological polar surface area (TPSA) is 52.3 Å². The summed E-state index contributed by atoms with van der Waals surface area (Å²) in [5.74, 6) is 6.31. The van der Waals surface area contributed by atoms with E-state index >= 15 is 0 Å². The van der Waals surface area contributed by atoms with E-state index in [9.17, 15) is 4.79 Å². The molecule has 1 aliphatic carbocycles. The van der Waals surface area contributed by atoms with Crippen LogP contribution in [0.5, 0.6) is 0 Å². The van der Waals surface area contributed by atoms with Gasteiger partial charge in [0, 0.05) is 5.92 Å². The standard InChI is InChI=1S/C11H11NO2S/c1-14-11(13)10-9(12)6-8(15-10)5-4-7-2-3-7/h6-7H,2-3,12H2,1H3. The summed E-state index contributed by atoms with van der Waals surface area (Å²) < 4.78 is 4.61. The number of thiophene rings is 1. The van der Waals surface area contributed by atoms with Gasteiger partial charge in [0.2, 0.25) is 0 Å². The molecule has 1 fully saturated rings. The largest absolute Gasteiger partial charge is 0.465 e. The van der Waals surface area contributed by atoms with Crippen molar-refractivity contribution in [2.75, 3.05) is 12.8 Å². The third-order valence-corrected chi connectivity index (χ3v) is 3.15. The first-order valence-corrected chi connectivity index (χ1v) is 5.51. The van der Waals surface area contributed by atoms with Crippen molar-refractivity contribution in [2.45, 2.75) is 12.8 Å². The molecule has 1 aliphatic rings. The van der Waals surface area contributed by atoms with E-state index in [-0.39, 0.29) is 0 Å². The predicted octanol–water partition coefficient (Wildman–Crippen LogP) is 1.88. The smallest absolute Gasteiger partial charge is 0.350 e.